The predicted octanol–water partition coefficient (Wildman–Crippen LogP) is 2.63. The fourth-order valence-corrected chi connectivity index (χ4v) is 2.31. The number of benzene rings is 1. The van der Waals surface area contributed by atoms with E-state index in [1.165, 1.54) is 6.26 Å². The van der Waals surface area contributed by atoms with E-state index in [9.17, 15) is 9.59 Å². The van der Waals surface area contributed by atoms with Crippen molar-refractivity contribution in [3.63, 3.8) is 0 Å². The number of rotatable bonds is 2. The van der Waals surface area contributed by atoms with Gasteiger partial charge in [0, 0.05) is 18.1 Å². The molecular formula is C15H12O4. The summed E-state index contributed by atoms with van der Waals surface area (Å²) in [6, 6.07) is 10.6. The molecule has 0 N–H and O–H groups in total. The molecule has 1 aliphatic carbocycles. The van der Waals surface area contributed by atoms with Gasteiger partial charge in [-0.15, -0.1) is 0 Å². The first-order chi connectivity index (χ1) is 9.24. The van der Waals surface area contributed by atoms with Crippen molar-refractivity contribution < 1.29 is 18.7 Å². The standard InChI is InChI=1S/C15H12O4/c16-13-9-11(8-10-4-1-2-5-12(10)13)15(17)19-14-6-3-7-18-14/h1-7,11H,8-9H2. The fourth-order valence-electron chi connectivity index (χ4n) is 2.31. The van der Waals surface area contributed by atoms with E-state index in [0.717, 1.165) is 5.56 Å². The number of fused-ring (bicyclic) bond motifs is 1. The molecule has 1 aromatic carbocycles. The summed E-state index contributed by atoms with van der Waals surface area (Å²) in [5, 5.41) is 0. The number of ether oxygens (including phenoxy) is 1. The van der Waals surface area contributed by atoms with Gasteiger partial charge in [0.2, 0.25) is 0 Å². The van der Waals surface area contributed by atoms with Gasteiger partial charge < -0.3 is 9.15 Å². The zero-order chi connectivity index (χ0) is 13.2. The summed E-state index contributed by atoms with van der Waals surface area (Å²) in [6.45, 7) is 0. The lowest BCUT2D eigenvalue weighted by atomic mass is 9.83. The van der Waals surface area contributed by atoms with Gasteiger partial charge in [-0.3, -0.25) is 9.59 Å². The minimum absolute atomic E-state index is 0.0109. The highest BCUT2D eigenvalue weighted by atomic mass is 16.6. The van der Waals surface area contributed by atoms with Gasteiger partial charge in [-0.2, -0.15) is 0 Å². The molecule has 1 heterocycles. The van der Waals surface area contributed by atoms with E-state index >= 15 is 0 Å². The Morgan fingerprint density at radius 3 is 2.79 bits per heavy atom. The fraction of sp³-hybridized carbons (Fsp3) is 0.200. The smallest absolute Gasteiger partial charge is 0.317 e. The van der Waals surface area contributed by atoms with Crippen molar-refractivity contribution in [2.75, 3.05) is 0 Å². The van der Waals surface area contributed by atoms with Crippen LogP contribution in [0, 0.1) is 5.92 Å². The zero-order valence-corrected chi connectivity index (χ0v) is 10.2. The normalized spacial score (nSPS) is 17.9. The second kappa shape index (κ2) is 4.72. The van der Waals surface area contributed by atoms with E-state index < -0.39 is 11.9 Å². The van der Waals surface area contributed by atoms with Gasteiger partial charge in [0.25, 0.3) is 5.95 Å². The zero-order valence-electron chi connectivity index (χ0n) is 10.2. The van der Waals surface area contributed by atoms with E-state index in [4.69, 9.17) is 9.15 Å². The number of carbonyl (C=O) groups excluding carboxylic acids is 2. The molecule has 0 amide bonds. The lowest BCUT2D eigenvalue weighted by Gasteiger charge is -2.21. The first-order valence-electron chi connectivity index (χ1n) is 6.10. The number of furan rings is 1. The van der Waals surface area contributed by atoms with Crippen LogP contribution < -0.4 is 4.74 Å². The lowest BCUT2D eigenvalue weighted by Crippen LogP contribution is -2.29. The first-order valence-corrected chi connectivity index (χ1v) is 6.10. The average molecular weight is 256 g/mol. The van der Waals surface area contributed by atoms with Crippen molar-refractivity contribution in [1.29, 1.82) is 0 Å². The Morgan fingerprint density at radius 2 is 2.00 bits per heavy atom. The Bertz CT molecular complexity index is 613. The van der Waals surface area contributed by atoms with E-state index in [1.807, 2.05) is 18.2 Å². The van der Waals surface area contributed by atoms with Crippen LogP contribution >= 0.6 is 0 Å². The van der Waals surface area contributed by atoms with Gasteiger partial charge in [0.05, 0.1) is 12.2 Å². The molecule has 1 unspecified atom stereocenters. The van der Waals surface area contributed by atoms with Crippen molar-refractivity contribution in [2.45, 2.75) is 12.8 Å². The summed E-state index contributed by atoms with van der Waals surface area (Å²) in [5.74, 6) is -0.704. The Hall–Kier alpha value is -2.36. The number of carbonyl (C=O) groups is 2. The third-order valence-corrected chi connectivity index (χ3v) is 3.25. The van der Waals surface area contributed by atoms with Crippen molar-refractivity contribution in [2.24, 2.45) is 5.92 Å². The van der Waals surface area contributed by atoms with Gasteiger partial charge in [-0.1, -0.05) is 24.3 Å². The molecular weight excluding hydrogens is 244 g/mol. The molecule has 4 heteroatoms. The van der Waals surface area contributed by atoms with E-state index in [1.54, 1.807) is 18.2 Å². The predicted molar refractivity (Wildman–Crippen MR) is 66.9 cm³/mol. The number of Topliss-reactive ketones (excluding diaryl/α,β-unsaturated/α-hetero) is 1. The number of ketones is 1. The highest BCUT2D eigenvalue weighted by Gasteiger charge is 2.31. The molecule has 0 spiro atoms. The molecule has 96 valence electrons. The van der Waals surface area contributed by atoms with Crippen LogP contribution in [0.1, 0.15) is 22.3 Å². The van der Waals surface area contributed by atoms with Crippen LogP contribution in [0.25, 0.3) is 0 Å². The van der Waals surface area contributed by atoms with Gasteiger partial charge >= 0.3 is 5.97 Å². The Balaban J connectivity index is 1.78. The van der Waals surface area contributed by atoms with Crippen LogP contribution in [-0.2, 0) is 11.2 Å². The summed E-state index contributed by atoms with van der Waals surface area (Å²) < 4.78 is 10.1. The maximum Gasteiger partial charge on any atom is 0.317 e. The van der Waals surface area contributed by atoms with Crippen molar-refractivity contribution in [1.82, 2.24) is 0 Å². The van der Waals surface area contributed by atoms with Gasteiger partial charge in [-0.25, -0.2) is 0 Å². The summed E-state index contributed by atoms with van der Waals surface area (Å²) in [5.41, 5.74) is 1.62. The lowest BCUT2D eigenvalue weighted by molar-refractivity contribution is -0.140. The SMILES string of the molecule is O=C1CC(C(=O)Oc2ccco2)Cc2ccccc21. The van der Waals surface area contributed by atoms with Gasteiger partial charge in [0.1, 0.15) is 0 Å². The average Bonchev–Trinajstić information content (AvgIpc) is 2.91. The topological polar surface area (TPSA) is 56.5 Å². The maximum atomic E-state index is 12.0. The molecule has 4 nitrogen and oxygen atoms in total. The molecule has 1 aromatic heterocycles. The van der Waals surface area contributed by atoms with Crippen LogP contribution in [0.5, 0.6) is 5.95 Å². The second-order valence-electron chi connectivity index (χ2n) is 4.54. The van der Waals surface area contributed by atoms with Gasteiger partial charge in [-0.05, 0) is 18.1 Å². The minimum Gasteiger partial charge on any atom is -0.434 e. The van der Waals surface area contributed by atoms with E-state index in [2.05, 4.69) is 0 Å². The van der Waals surface area contributed by atoms with Crippen LogP contribution in [0.15, 0.2) is 47.1 Å². The molecule has 0 aliphatic heterocycles. The summed E-state index contributed by atoms with van der Waals surface area (Å²) in [6.07, 6.45) is 2.15. The third-order valence-electron chi connectivity index (χ3n) is 3.25. The molecule has 2 aromatic rings. The largest absolute Gasteiger partial charge is 0.434 e. The monoisotopic (exact) mass is 256 g/mol. The third kappa shape index (κ3) is 2.29. The van der Waals surface area contributed by atoms with Crippen molar-refractivity contribution in [3.8, 4) is 5.95 Å². The molecule has 1 atom stereocenters. The quantitative estimate of drug-likeness (QED) is 0.775. The minimum atomic E-state index is -0.438. The van der Waals surface area contributed by atoms with Crippen molar-refractivity contribution >= 4 is 11.8 Å². The number of hydrogen-bond donors (Lipinski definition) is 0. The van der Waals surface area contributed by atoms with Crippen molar-refractivity contribution in [3.05, 3.63) is 53.8 Å². The molecule has 1 aliphatic rings. The highest BCUT2D eigenvalue weighted by molar-refractivity contribution is 6.01. The number of esters is 1. The first kappa shape index (κ1) is 11.7. The van der Waals surface area contributed by atoms with Crippen LogP contribution in [0.4, 0.5) is 0 Å². The van der Waals surface area contributed by atoms with E-state index in [0.29, 0.717) is 12.0 Å². The van der Waals surface area contributed by atoms with Gasteiger partial charge in [0.15, 0.2) is 5.78 Å². The molecule has 0 saturated heterocycles. The van der Waals surface area contributed by atoms with Crippen LogP contribution in [0.2, 0.25) is 0 Å². The Morgan fingerprint density at radius 1 is 1.16 bits per heavy atom. The molecule has 0 radical (unpaired) electrons. The van der Waals surface area contributed by atoms with Crippen LogP contribution in [-0.4, -0.2) is 11.8 Å². The molecule has 0 saturated carbocycles. The maximum absolute atomic E-state index is 12.0. The summed E-state index contributed by atoms with van der Waals surface area (Å²) in [7, 11) is 0. The molecule has 3 rings (SSSR count). The highest BCUT2D eigenvalue weighted by Crippen LogP contribution is 2.27. The van der Waals surface area contributed by atoms with Crippen LogP contribution in [0.3, 0.4) is 0 Å². The number of hydrogen-bond acceptors (Lipinski definition) is 4. The summed E-state index contributed by atoms with van der Waals surface area (Å²) in [4.78, 5) is 24.0. The molecule has 0 bridgehead atoms. The van der Waals surface area contributed by atoms with E-state index in [-0.39, 0.29) is 18.2 Å². The Labute approximate surface area is 110 Å². The summed E-state index contributed by atoms with van der Waals surface area (Å²) >= 11 is 0. The second-order valence-corrected chi connectivity index (χ2v) is 4.54. The molecule has 19 heavy (non-hydrogen) atoms. The Kier molecular flexibility index (Phi) is 2.91. The molecule has 0 fully saturated rings.